The van der Waals surface area contributed by atoms with Crippen LogP contribution in [-0.2, 0) is 6.42 Å². The van der Waals surface area contributed by atoms with Crippen LogP contribution in [0.2, 0.25) is 0 Å². The molecule has 0 atom stereocenters. The van der Waals surface area contributed by atoms with E-state index in [4.69, 9.17) is 10.4 Å². The van der Waals surface area contributed by atoms with Gasteiger partial charge < -0.3 is 5.11 Å². The summed E-state index contributed by atoms with van der Waals surface area (Å²) >= 11 is 1.12. The van der Waals surface area contributed by atoms with Crippen LogP contribution in [0.3, 0.4) is 0 Å². The summed E-state index contributed by atoms with van der Waals surface area (Å²) in [7, 11) is 0. The van der Waals surface area contributed by atoms with E-state index in [9.17, 15) is 4.79 Å². The first-order valence-electron chi connectivity index (χ1n) is 6.81. The zero-order chi connectivity index (χ0) is 16.4. The number of thiazole rings is 1. The smallest absolute Gasteiger partial charge is 0.347 e. The molecule has 0 spiro atoms. The molecule has 0 saturated heterocycles. The number of carboxylic acid groups (broad SMARTS) is 1. The second kappa shape index (κ2) is 6.02. The van der Waals surface area contributed by atoms with E-state index in [0.29, 0.717) is 28.4 Å². The standard InChI is InChI=1S/C16H12N4O2S/c1-9-14(16(21)22)23-15(19-9)13-12(8-18-20-13)6-10-3-2-4-11(5-10)7-17/h2-5,8H,6H2,1H3,(H,18,20)(H,21,22). The third-order valence-corrected chi connectivity index (χ3v) is 4.54. The van der Waals surface area contributed by atoms with Crippen molar-refractivity contribution in [1.82, 2.24) is 15.2 Å². The summed E-state index contributed by atoms with van der Waals surface area (Å²) in [4.78, 5) is 15.7. The maximum absolute atomic E-state index is 11.2. The number of hydrogen-bond acceptors (Lipinski definition) is 5. The third kappa shape index (κ3) is 2.98. The number of aryl methyl sites for hydroxylation is 1. The highest BCUT2D eigenvalue weighted by atomic mass is 32.1. The minimum Gasteiger partial charge on any atom is -0.477 e. The third-order valence-electron chi connectivity index (χ3n) is 3.37. The predicted octanol–water partition coefficient (Wildman–Crippen LogP) is 3.00. The molecule has 0 bridgehead atoms. The molecule has 2 heterocycles. The summed E-state index contributed by atoms with van der Waals surface area (Å²) in [6.45, 7) is 1.68. The molecule has 0 radical (unpaired) electrons. The van der Waals surface area contributed by atoms with Gasteiger partial charge in [0.1, 0.15) is 9.88 Å². The van der Waals surface area contributed by atoms with Crippen LogP contribution in [0.1, 0.15) is 32.1 Å². The minimum absolute atomic E-state index is 0.229. The highest BCUT2D eigenvalue weighted by Crippen LogP contribution is 2.29. The Labute approximate surface area is 136 Å². The Hall–Kier alpha value is -2.98. The van der Waals surface area contributed by atoms with E-state index in [-0.39, 0.29) is 4.88 Å². The normalized spacial score (nSPS) is 10.4. The average Bonchev–Trinajstić information content (AvgIpc) is 3.13. The second-order valence-electron chi connectivity index (χ2n) is 5.00. The molecule has 3 aromatic rings. The topological polar surface area (TPSA) is 103 Å². The van der Waals surface area contributed by atoms with Crippen LogP contribution in [0.5, 0.6) is 0 Å². The Bertz CT molecular complexity index is 920. The molecule has 2 aromatic heterocycles. The zero-order valence-electron chi connectivity index (χ0n) is 12.2. The number of carboxylic acids is 1. The average molecular weight is 324 g/mol. The fourth-order valence-corrected chi connectivity index (χ4v) is 3.24. The number of nitriles is 1. The maximum Gasteiger partial charge on any atom is 0.347 e. The first kappa shape index (κ1) is 14.9. The first-order chi connectivity index (χ1) is 11.1. The Kier molecular flexibility index (Phi) is 3.91. The molecule has 0 aliphatic heterocycles. The Morgan fingerprint density at radius 3 is 3.00 bits per heavy atom. The van der Waals surface area contributed by atoms with Gasteiger partial charge in [0, 0.05) is 12.0 Å². The number of aromatic nitrogens is 3. The molecule has 6 nitrogen and oxygen atoms in total. The van der Waals surface area contributed by atoms with Crippen LogP contribution in [0.4, 0.5) is 0 Å². The summed E-state index contributed by atoms with van der Waals surface area (Å²) in [5.41, 5.74) is 3.70. The molecular weight excluding hydrogens is 312 g/mol. The van der Waals surface area contributed by atoms with Gasteiger partial charge in [-0.15, -0.1) is 11.3 Å². The highest BCUT2D eigenvalue weighted by molar-refractivity contribution is 7.17. The van der Waals surface area contributed by atoms with E-state index in [0.717, 1.165) is 22.5 Å². The summed E-state index contributed by atoms with van der Waals surface area (Å²) in [5.74, 6) is -0.978. The van der Waals surface area contributed by atoms with E-state index >= 15 is 0 Å². The molecule has 0 aliphatic carbocycles. The van der Waals surface area contributed by atoms with Gasteiger partial charge in [-0.25, -0.2) is 9.78 Å². The van der Waals surface area contributed by atoms with Crippen molar-refractivity contribution in [2.24, 2.45) is 0 Å². The van der Waals surface area contributed by atoms with E-state index in [1.165, 1.54) is 0 Å². The summed E-state index contributed by atoms with van der Waals surface area (Å²) < 4.78 is 0. The molecular formula is C16H12N4O2S. The zero-order valence-corrected chi connectivity index (χ0v) is 13.0. The quantitative estimate of drug-likeness (QED) is 0.768. The fraction of sp³-hybridized carbons (Fsp3) is 0.125. The number of benzene rings is 1. The van der Waals surface area contributed by atoms with Crippen molar-refractivity contribution in [1.29, 1.82) is 5.26 Å². The number of carbonyl (C=O) groups is 1. The molecule has 0 saturated carbocycles. The highest BCUT2D eigenvalue weighted by Gasteiger charge is 2.18. The number of nitrogens with one attached hydrogen (secondary N) is 1. The van der Waals surface area contributed by atoms with Gasteiger partial charge in [-0.1, -0.05) is 12.1 Å². The molecule has 0 unspecified atom stereocenters. The molecule has 0 aliphatic rings. The summed E-state index contributed by atoms with van der Waals surface area (Å²) in [5, 5.41) is 25.7. The fourth-order valence-electron chi connectivity index (χ4n) is 2.30. The van der Waals surface area contributed by atoms with E-state index in [1.807, 2.05) is 18.2 Å². The van der Waals surface area contributed by atoms with Crippen molar-refractivity contribution in [3.8, 4) is 16.8 Å². The Morgan fingerprint density at radius 1 is 1.48 bits per heavy atom. The van der Waals surface area contributed by atoms with Crippen LogP contribution in [0, 0.1) is 18.3 Å². The van der Waals surface area contributed by atoms with Crippen molar-refractivity contribution in [2.75, 3.05) is 0 Å². The number of aromatic amines is 1. The van der Waals surface area contributed by atoms with Crippen LogP contribution in [0.25, 0.3) is 10.7 Å². The molecule has 1 aromatic carbocycles. The molecule has 114 valence electrons. The largest absolute Gasteiger partial charge is 0.477 e. The van der Waals surface area contributed by atoms with Gasteiger partial charge in [-0.05, 0) is 24.6 Å². The summed E-state index contributed by atoms with van der Waals surface area (Å²) in [6, 6.07) is 9.47. The summed E-state index contributed by atoms with van der Waals surface area (Å²) in [6.07, 6.45) is 2.29. The lowest BCUT2D eigenvalue weighted by Gasteiger charge is -2.02. The van der Waals surface area contributed by atoms with E-state index in [1.54, 1.807) is 19.2 Å². The van der Waals surface area contributed by atoms with Gasteiger partial charge in [-0.2, -0.15) is 10.4 Å². The van der Waals surface area contributed by atoms with Crippen LogP contribution >= 0.6 is 11.3 Å². The number of nitrogens with zero attached hydrogens (tertiary/aromatic N) is 3. The molecule has 0 fully saturated rings. The van der Waals surface area contributed by atoms with Gasteiger partial charge in [0.15, 0.2) is 0 Å². The second-order valence-corrected chi connectivity index (χ2v) is 6.00. The van der Waals surface area contributed by atoms with Gasteiger partial charge in [-0.3, -0.25) is 5.10 Å². The molecule has 0 amide bonds. The van der Waals surface area contributed by atoms with Crippen molar-refractivity contribution in [3.63, 3.8) is 0 Å². The molecule has 23 heavy (non-hydrogen) atoms. The Morgan fingerprint density at radius 2 is 2.30 bits per heavy atom. The predicted molar refractivity (Wildman–Crippen MR) is 85.4 cm³/mol. The van der Waals surface area contributed by atoms with E-state index in [2.05, 4.69) is 21.3 Å². The van der Waals surface area contributed by atoms with E-state index < -0.39 is 5.97 Å². The van der Waals surface area contributed by atoms with Crippen LogP contribution < -0.4 is 0 Å². The van der Waals surface area contributed by atoms with Gasteiger partial charge >= 0.3 is 5.97 Å². The SMILES string of the molecule is Cc1nc(-c2[nH]ncc2Cc2cccc(C#N)c2)sc1C(=O)O. The van der Waals surface area contributed by atoms with Crippen molar-refractivity contribution < 1.29 is 9.90 Å². The number of hydrogen-bond donors (Lipinski definition) is 2. The first-order valence-corrected chi connectivity index (χ1v) is 7.62. The lowest BCUT2D eigenvalue weighted by molar-refractivity contribution is 0.0701. The van der Waals surface area contributed by atoms with Crippen LogP contribution in [0.15, 0.2) is 30.5 Å². The number of rotatable bonds is 4. The molecule has 2 N–H and O–H groups in total. The van der Waals surface area contributed by atoms with Crippen molar-refractivity contribution >= 4 is 17.3 Å². The monoisotopic (exact) mass is 324 g/mol. The number of H-pyrrole nitrogens is 1. The molecule has 7 heteroatoms. The van der Waals surface area contributed by atoms with Gasteiger partial charge in [0.05, 0.1) is 29.2 Å². The maximum atomic E-state index is 11.2. The van der Waals surface area contributed by atoms with Gasteiger partial charge in [0.2, 0.25) is 0 Å². The van der Waals surface area contributed by atoms with Crippen molar-refractivity contribution in [2.45, 2.75) is 13.3 Å². The lowest BCUT2D eigenvalue weighted by atomic mass is 10.0. The Balaban J connectivity index is 1.95. The minimum atomic E-state index is -0.978. The number of aromatic carboxylic acids is 1. The molecule has 3 rings (SSSR count). The van der Waals surface area contributed by atoms with Gasteiger partial charge in [0.25, 0.3) is 0 Å². The van der Waals surface area contributed by atoms with Crippen LogP contribution in [-0.4, -0.2) is 26.3 Å². The lowest BCUT2D eigenvalue weighted by Crippen LogP contribution is -1.94. The van der Waals surface area contributed by atoms with Crippen molar-refractivity contribution in [3.05, 3.63) is 57.7 Å².